The maximum Gasteiger partial charge on any atom is 0.259 e. The van der Waals surface area contributed by atoms with Crippen LogP contribution in [-0.2, 0) is 19.3 Å². The maximum atomic E-state index is 12.4. The van der Waals surface area contributed by atoms with Gasteiger partial charge in [-0.1, -0.05) is 11.3 Å². The third-order valence-corrected chi connectivity index (χ3v) is 4.79. The molecule has 0 radical (unpaired) electrons. The van der Waals surface area contributed by atoms with Crippen molar-refractivity contribution in [2.75, 3.05) is 26.0 Å². The van der Waals surface area contributed by atoms with Gasteiger partial charge in [0.1, 0.15) is 5.01 Å². The second-order valence-electron chi connectivity index (χ2n) is 6.05. The molecule has 0 atom stereocenters. The van der Waals surface area contributed by atoms with E-state index < -0.39 is 0 Å². The number of hydrogen-bond acceptors (Lipinski definition) is 6. The highest BCUT2D eigenvalue weighted by atomic mass is 32.1. The third kappa shape index (κ3) is 4.11. The minimum Gasteiger partial charge on any atom is -0.309 e. The molecule has 1 amide bonds. The van der Waals surface area contributed by atoms with E-state index in [1.165, 1.54) is 29.7 Å². The predicted molar refractivity (Wildman–Crippen MR) is 91.0 cm³/mol. The van der Waals surface area contributed by atoms with Gasteiger partial charge in [-0.3, -0.25) is 15.1 Å². The lowest BCUT2D eigenvalue weighted by molar-refractivity contribution is 0.102. The van der Waals surface area contributed by atoms with Crippen LogP contribution >= 0.6 is 11.3 Å². The lowest BCUT2D eigenvalue weighted by atomic mass is 9.95. The summed E-state index contributed by atoms with van der Waals surface area (Å²) < 4.78 is 0. The van der Waals surface area contributed by atoms with E-state index in [4.69, 9.17) is 0 Å². The first-order chi connectivity index (χ1) is 11.1. The molecule has 0 saturated carbocycles. The van der Waals surface area contributed by atoms with Crippen molar-refractivity contribution in [3.63, 3.8) is 0 Å². The Morgan fingerprint density at radius 1 is 1.30 bits per heavy atom. The number of hydrogen-bond donors (Lipinski definition) is 1. The number of likely N-dealkylation sites (N-methyl/N-ethyl adjacent to an activating group) is 1. The van der Waals surface area contributed by atoms with Gasteiger partial charge >= 0.3 is 0 Å². The number of pyridine rings is 1. The van der Waals surface area contributed by atoms with Crippen LogP contribution in [0.4, 0.5) is 5.13 Å². The lowest BCUT2D eigenvalue weighted by Crippen LogP contribution is -2.15. The number of rotatable bonds is 5. The number of fused-ring (bicyclic) bond motifs is 1. The van der Waals surface area contributed by atoms with Crippen LogP contribution in [0.25, 0.3) is 0 Å². The molecule has 0 fully saturated rings. The monoisotopic (exact) mass is 331 g/mol. The van der Waals surface area contributed by atoms with Crippen molar-refractivity contribution in [1.29, 1.82) is 0 Å². The van der Waals surface area contributed by atoms with Crippen molar-refractivity contribution in [2.24, 2.45) is 0 Å². The molecule has 2 aromatic rings. The maximum absolute atomic E-state index is 12.4. The zero-order valence-electron chi connectivity index (χ0n) is 13.5. The van der Waals surface area contributed by atoms with E-state index in [2.05, 4.69) is 25.4 Å². The number of carbonyl (C=O) groups is 1. The van der Waals surface area contributed by atoms with Gasteiger partial charge in [-0.15, -0.1) is 10.2 Å². The molecule has 0 bridgehead atoms. The summed E-state index contributed by atoms with van der Waals surface area (Å²) in [6.45, 7) is 0.914. The summed E-state index contributed by atoms with van der Waals surface area (Å²) in [6, 6.07) is 1.96. The third-order valence-electron chi connectivity index (χ3n) is 3.89. The van der Waals surface area contributed by atoms with E-state index >= 15 is 0 Å². The molecule has 0 unspecified atom stereocenters. The van der Waals surface area contributed by atoms with E-state index in [0.717, 1.165) is 36.5 Å². The molecule has 0 aromatic carbocycles. The number of carbonyl (C=O) groups excluding carboxylic acids is 1. The minimum atomic E-state index is -0.166. The topological polar surface area (TPSA) is 71.0 Å². The standard InChI is InChI=1S/C16H21N5OS/c1-21(2)8-7-14-19-20-16(23-14)18-15(22)12-9-11-5-3-4-6-13(11)17-10-12/h9-10H,3-8H2,1-2H3,(H,18,20,22). The van der Waals surface area contributed by atoms with Crippen molar-refractivity contribution in [3.8, 4) is 0 Å². The highest BCUT2D eigenvalue weighted by Gasteiger charge is 2.15. The van der Waals surface area contributed by atoms with Crippen LogP contribution in [0.15, 0.2) is 12.3 Å². The zero-order chi connectivity index (χ0) is 16.2. The Labute approximate surface area is 140 Å². The number of amides is 1. The van der Waals surface area contributed by atoms with Crippen LogP contribution in [0, 0.1) is 0 Å². The molecule has 7 heteroatoms. The van der Waals surface area contributed by atoms with Crippen LogP contribution < -0.4 is 5.32 Å². The van der Waals surface area contributed by atoms with E-state index in [9.17, 15) is 4.79 Å². The van der Waals surface area contributed by atoms with E-state index in [0.29, 0.717) is 10.7 Å². The molecular weight excluding hydrogens is 310 g/mol. The Morgan fingerprint density at radius 3 is 2.96 bits per heavy atom. The summed E-state index contributed by atoms with van der Waals surface area (Å²) in [5, 5.41) is 12.5. The second kappa shape index (κ2) is 7.14. The molecule has 23 heavy (non-hydrogen) atoms. The normalized spacial score (nSPS) is 13.9. The predicted octanol–water partition coefficient (Wildman–Crippen LogP) is 2.17. The Kier molecular flexibility index (Phi) is 4.97. The largest absolute Gasteiger partial charge is 0.309 e. The van der Waals surface area contributed by atoms with E-state index in [1.807, 2.05) is 20.2 Å². The molecule has 3 rings (SSSR count). The summed E-state index contributed by atoms with van der Waals surface area (Å²) in [5.41, 5.74) is 2.93. The van der Waals surface area contributed by atoms with Crippen LogP contribution in [0.2, 0.25) is 0 Å². The molecule has 0 saturated heterocycles. The Hall–Kier alpha value is -1.86. The summed E-state index contributed by atoms with van der Waals surface area (Å²) >= 11 is 1.43. The van der Waals surface area contributed by atoms with Crippen molar-refractivity contribution >= 4 is 22.4 Å². The SMILES string of the molecule is CN(C)CCc1nnc(NC(=O)c2cnc3c(c2)CCCC3)s1. The smallest absolute Gasteiger partial charge is 0.259 e. The van der Waals surface area contributed by atoms with E-state index in [-0.39, 0.29) is 5.91 Å². The van der Waals surface area contributed by atoms with Crippen molar-refractivity contribution in [1.82, 2.24) is 20.1 Å². The molecule has 1 aliphatic carbocycles. The van der Waals surface area contributed by atoms with Gasteiger partial charge in [0.2, 0.25) is 5.13 Å². The highest BCUT2D eigenvalue weighted by Crippen LogP contribution is 2.21. The molecule has 1 aliphatic rings. The average molecular weight is 331 g/mol. The van der Waals surface area contributed by atoms with Gasteiger partial charge in [-0.05, 0) is 51.4 Å². The average Bonchev–Trinajstić information content (AvgIpc) is 3.00. The first-order valence-corrected chi connectivity index (χ1v) is 8.70. The Balaban J connectivity index is 1.65. The molecule has 6 nitrogen and oxygen atoms in total. The minimum absolute atomic E-state index is 0.166. The van der Waals surface area contributed by atoms with Gasteiger partial charge in [0.05, 0.1) is 5.56 Å². The first kappa shape index (κ1) is 16.0. The van der Waals surface area contributed by atoms with Gasteiger partial charge in [0, 0.05) is 24.9 Å². The summed E-state index contributed by atoms with van der Waals surface area (Å²) in [4.78, 5) is 18.9. The number of aromatic nitrogens is 3. The van der Waals surface area contributed by atoms with Crippen molar-refractivity contribution < 1.29 is 4.79 Å². The van der Waals surface area contributed by atoms with Crippen molar-refractivity contribution in [3.05, 3.63) is 34.1 Å². The summed E-state index contributed by atoms with van der Waals surface area (Å²) in [5.74, 6) is -0.166. The molecule has 2 heterocycles. The Bertz CT molecular complexity index is 698. The van der Waals surface area contributed by atoms with Crippen LogP contribution in [0.1, 0.15) is 39.5 Å². The van der Waals surface area contributed by atoms with Gasteiger partial charge in [0.15, 0.2) is 0 Å². The molecule has 0 aliphatic heterocycles. The first-order valence-electron chi connectivity index (χ1n) is 7.88. The number of nitrogens with one attached hydrogen (secondary N) is 1. The molecule has 0 spiro atoms. The van der Waals surface area contributed by atoms with Gasteiger partial charge in [-0.2, -0.15) is 0 Å². The van der Waals surface area contributed by atoms with Gasteiger partial charge in [-0.25, -0.2) is 0 Å². The second-order valence-corrected chi connectivity index (χ2v) is 7.11. The molecular formula is C16H21N5OS. The molecule has 1 N–H and O–H groups in total. The fourth-order valence-electron chi connectivity index (χ4n) is 2.61. The molecule has 2 aromatic heterocycles. The quantitative estimate of drug-likeness (QED) is 0.909. The van der Waals surface area contributed by atoms with Crippen LogP contribution in [0.5, 0.6) is 0 Å². The van der Waals surface area contributed by atoms with Gasteiger partial charge < -0.3 is 4.90 Å². The summed E-state index contributed by atoms with van der Waals surface area (Å²) in [7, 11) is 4.04. The Morgan fingerprint density at radius 2 is 2.13 bits per heavy atom. The van der Waals surface area contributed by atoms with Crippen LogP contribution in [-0.4, -0.2) is 46.6 Å². The summed E-state index contributed by atoms with van der Waals surface area (Å²) in [6.07, 6.45) is 6.88. The zero-order valence-corrected chi connectivity index (χ0v) is 14.3. The highest BCUT2D eigenvalue weighted by molar-refractivity contribution is 7.15. The molecule has 122 valence electrons. The lowest BCUT2D eigenvalue weighted by Gasteiger charge is -2.14. The van der Waals surface area contributed by atoms with Crippen LogP contribution in [0.3, 0.4) is 0 Å². The number of nitrogens with zero attached hydrogens (tertiary/aromatic N) is 4. The number of aryl methyl sites for hydroxylation is 2. The fraction of sp³-hybridized carbons (Fsp3) is 0.500. The van der Waals surface area contributed by atoms with Gasteiger partial charge in [0.25, 0.3) is 5.91 Å². The van der Waals surface area contributed by atoms with Crippen molar-refractivity contribution in [2.45, 2.75) is 32.1 Å². The van der Waals surface area contributed by atoms with E-state index in [1.54, 1.807) is 6.20 Å². The number of anilines is 1. The fourth-order valence-corrected chi connectivity index (χ4v) is 3.33.